The molecule has 1 aromatic rings. The average Bonchev–Trinajstić information content (AvgIpc) is 3.13. The molecule has 3 rings (SSSR count). The van der Waals surface area contributed by atoms with Crippen LogP contribution in [0.3, 0.4) is 0 Å². The topological polar surface area (TPSA) is 105 Å². The van der Waals surface area contributed by atoms with Crippen LogP contribution in [0.5, 0.6) is 0 Å². The molecule has 6 nitrogen and oxygen atoms in total. The average molecular weight is 309 g/mol. The molecular formula is C14H19N3O3S. The Morgan fingerprint density at radius 2 is 2.19 bits per heavy atom. The molecule has 0 spiro atoms. The molecule has 1 aromatic heterocycles. The molecule has 5 atom stereocenters. The Labute approximate surface area is 126 Å². The van der Waals surface area contributed by atoms with E-state index in [1.165, 1.54) is 16.7 Å². The number of rotatable bonds is 4. The van der Waals surface area contributed by atoms with E-state index in [-0.39, 0.29) is 29.6 Å². The Balaban J connectivity index is 1.65. The molecule has 1 amide bonds. The third-order valence-corrected chi connectivity index (χ3v) is 5.78. The van der Waals surface area contributed by atoms with Gasteiger partial charge in [-0.3, -0.25) is 4.79 Å². The molecule has 2 saturated carbocycles. The molecule has 0 saturated heterocycles. The first-order valence-electron chi connectivity index (χ1n) is 7.22. The molecule has 0 aliphatic heterocycles. The number of nitrogens with two attached hydrogens (primary N) is 1. The summed E-state index contributed by atoms with van der Waals surface area (Å²) < 4.78 is 0. The molecule has 21 heavy (non-hydrogen) atoms. The molecule has 2 aliphatic carbocycles. The Bertz CT molecular complexity index is 572. The predicted molar refractivity (Wildman–Crippen MR) is 77.9 cm³/mol. The standard InChI is InChI=1S/C14H19N3O3S/c1-6(13-17-9(5-21-13)14(19)20)16-12(18)10-7-2-3-8(4-7)11(10)15/h5-8,10-11H,2-4,15H2,1H3,(H,16,18)(H,19,20). The van der Waals surface area contributed by atoms with E-state index < -0.39 is 5.97 Å². The summed E-state index contributed by atoms with van der Waals surface area (Å²) in [5.74, 6) is -0.284. The number of carboxylic acids is 1. The first-order chi connectivity index (χ1) is 9.97. The summed E-state index contributed by atoms with van der Waals surface area (Å²) in [5.41, 5.74) is 6.19. The minimum Gasteiger partial charge on any atom is -0.476 e. The number of hydrogen-bond acceptors (Lipinski definition) is 5. The van der Waals surface area contributed by atoms with Gasteiger partial charge in [-0.05, 0) is 38.0 Å². The summed E-state index contributed by atoms with van der Waals surface area (Å²) in [6.07, 6.45) is 3.29. The van der Waals surface area contributed by atoms with Gasteiger partial charge in [-0.15, -0.1) is 11.3 Å². The fourth-order valence-corrected chi connectivity index (χ4v) is 4.48. The van der Waals surface area contributed by atoms with Crippen molar-refractivity contribution in [1.82, 2.24) is 10.3 Å². The van der Waals surface area contributed by atoms with Crippen LogP contribution in [0.2, 0.25) is 0 Å². The first kappa shape index (κ1) is 14.5. The fraction of sp³-hybridized carbons (Fsp3) is 0.643. The van der Waals surface area contributed by atoms with Gasteiger partial charge in [-0.2, -0.15) is 0 Å². The zero-order valence-electron chi connectivity index (χ0n) is 11.8. The number of aromatic nitrogens is 1. The zero-order valence-corrected chi connectivity index (χ0v) is 12.6. The zero-order chi connectivity index (χ0) is 15.1. The summed E-state index contributed by atoms with van der Waals surface area (Å²) in [6, 6.07) is -0.330. The van der Waals surface area contributed by atoms with Crippen LogP contribution < -0.4 is 11.1 Å². The van der Waals surface area contributed by atoms with Crippen molar-refractivity contribution in [1.29, 1.82) is 0 Å². The van der Waals surface area contributed by atoms with Crippen molar-refractivity contribution >= 4 is 23.2 Å². The third-order valence-electron chi connectivity index (χ3n) is 4.75. The summed E-state index contributed by atoms with van der Waals surface area (Å²) in [5, 5.41) is 13.9. The van der Waals surface area contributed by atoms with Crippen LogP contribution in [0.4, 0.5) is 0 Å². The number of carboxylic acid groups (broad SMARTS) is 1. The monoisotopic (exact) mass is 309 g/mol. The molecule has 1 heterocycles. The molecule has 2 fully saturated rings. The third kappa shape index (κ3) is 2.55. The first-order valence-corrected chi connectivity index (χ1v) is 8.10. The Morgan fingerprint density at radius 1 is 1.48 bits per heavy atom. The molecule has 7 heteroatoms. The lowest BCUT2D eigenvalue weighted by Gasteiger charge is -2.28. The number of thiazole rings is 1. The number of amides is 1. The van der Waals surface area contributed by atoms with Crippen molar-refractivity contribution in [2.45, 2.75) is 38.3 Å². The maximum absolute atomic E-state index is 12.4. The predicted octanol–water partition coefficient (Wildman–Crippen LogP) is 1.39. The molecule has 5 unspecified atom stereocenters. The number of hydrogen-bond donors (Lipinski definition) is 3. The van der Waals surface area contributed by atoms with Crippen molar-refractivity contribution in [2.24, 2.45) is 23.5 Å². The largest absolute Gasteiger partial charge is 0.476 e. The van der Waals surface area contributed by atoms with Crippen molar-refractivity contribution < 1.29 is 14.7 Å². The second-order valence-corrected chi connectivity index (χ2v) is 6.93. The Kier molecular flexibility index (Phi) is 3.71. The van der Waals surface area contributed by atoms with Gasteiger partial charge in [0.25, 0.3) is 0 Å². The summed E-state index contributed by atoms with van der Waals surface area (Å²) in [7, 11) is 0. The van der Waals surface area contributed by atoms with Gasteiger partial charge in [0.2, 0.25) is 5.91 Å². The second kappa shape index (κ2) is 5.38. The number of nitrogens with zero attached hydrogens (tertiary/aromatic N) is 1. The highest BCUT2D eigenvalue weighted by Crippen LogP contribution is 2.47. The lowest BCUT2D eigenvalue weighted by Crippen LogP contribution is -2.45. The molecule has 114 valence electrons. The number of carbonyl (C=O) groups is 2. The maximum Gasteiger partial charge on any atom is 0.355 e. The lowest BCUT2D eigenvalue weighted by molar-refractivity contribution is -0.127. The van der Waals surface area contributed by atoms with E-state index in [4.69, 9.17) is 10.8 Å². The van der Waals surface area contributed by atoms with E-state index in [1.54, 1.807) is 0 Å². The van der Waals surface area contributed by atoms with E-state index in [0.717, 1.165) is 19.3 Å². The van der Waals surface area contributed by atoms with Crippen molar-refractivity contribution in [3.05, 3.63) is 16.1 Å². The van der Waals surface area contributed by atoms with Crippen LogP contribution in [0.1, 0.15) is 47.7 Å². The van der Waals surface area contributed by atoms with E-state index in [9.17, 15) is 9.59 Å². The van der Waals surface area contributed by atoms with E-state index in [1.807, 2.05) is 6.92 Å². The molecule has 2 bridgehead atoms. The van der Waals surface area contributed by atoms with Crippen molar-refractivity contribution in [2.75, 3.05) is 0 Å². The van der Waals surface area contributed by atoms with Crippen LogP contribution in [0, 0.1) is 17.8 Å². The van der Waals surface area contributed by atoms with Gasteiger partial charge in [0, 0.05) is 11.4 Å². The highest BCUT2D eigenvalue weighted by atomic mass is 32.1. The molecule has 2 aliphatic rings. The Hall–Kier alpha value is -1.47. The SMILES string of the molecule is CC(NC(=O)C1C2CCC(C2)C1N)c1nc(C(=O)O)cs1. The molecule has 0 radical (unpaired) electrons. The van der Waals surface area contributed by atoms with Crippen LogP contribution in [-0.2, 0) is 4.79 Å². The Morgan fingerprint density at radius 3 is 2.76 bits per heavy atom. The van der Waals surface area contributed by atoms with Gasteiger partial charge < -0.3 is 16.2 Å². The van der Waals surface area contributed by atoms with Crippen molar-refractivity contribution in [3.63, 3.8) is 0 Å². The number of fused-ring (bicyclic) bond motifs is 2. The van der Waals surface area contributed by atoms with Crippen LogP contribution in [-0.4, -0.2) is 28.0 Å². The van der Waals surface area contributed by atoms with Crippen LogP contribution in [0.25, 0.3) is 0 Å². The van der Waals surface area contributed by atoms with E-state index in [2.05, 4.69) is 10.3 Å². The molecule has 4 N–H and O–H groups in total. The van der Waals surface area contributed by atoms with E-state index in [0.29, 0.717) is 16.8 Å². The minimum atomic E-state index is -1.05. The highest BCUT2D eigenvalue weighted by Gasteiger charge is 2.49. The van der Waals surface area contributed by atoms with Crippen LogP contribution >= 0.6 is 11.3 Å². The normalized spacial score (nSPS) is 32.1. The quantitative estimate of drug-likeness (QED) is 0.779. The van der Waals surface area contributed by atoms with Gasteiger partial charge in [0.05, 0.1) is 12.0 Å². The number of aromatic carboxylic acids is 1. The number of nitrogens with one attached hydrogen (secondary N) is 1. The van der Waals surface area contributed by atoms with Gasteiger partial charge in [-0.1, -0.05) is 0 Å². The minimum absolute atomic E-state index is 0.0192. The smallest absolute Gasteiger partial charge is 0.355 e. The highest BCUT2D eigenvalue weighted by molar-refractivity contribution is 7.09. The maximum atomic E-state index is 12.4. The fourth-order valence-electron chi connectivity index (χ4n) is 3.68. The van der Waals surface area contributed by atoms with Crippen LogP contribution in [0.15, 0.2) is 5.38 Å². The summed E-state index contributed by atoms with van der Waals surface area (Å²) in [4.78, 5) is 27.3. The molecular weight excluding hydrogens is 290 g/mol. The number of carbonyl (C=O) groups excluding carboxylic acids is 1. The summed E-state index contributed by atoms with van der Waals surface area (Å²) >= 11 is 1.25. The second-order valence-electron chi connectivity index (χ2n) is 6.04. The van der Waals surface area contributed by atoms with Gasteiger partial charge >= 0.3 is 5.97 Å². The van der Waals surface area contributed by atoms with Gasteiger partial charge in [0.15, 0.2) is 5.69 Å². The molecule has 0 aromatic carbocycles. The van der Waals surface area contributed by atoms with Gasteiger partial charge in [0.1, 0.15) is 5.01 Å². The van der Waals surface area contributed by atoms with E-state index >= 15 is 0 Å². The summed E-state index contributed by atoms with van der Waals surface area (Å²) in [6.45, 7) is 1.82. The van der Waals surface area contributed by atoms with Crippen molar-refractivity contribution in [3.8, 4) is 0 Å². The van der Waals surface area contributed by atoms with Gasteiger partial charge in [-0.25, -0.2) is 9.78 Å². The lowest BCUT2D eigenvalue weighted by atomic mass is 9.84.